The lowest BCUT2D eigenvalue weighted by Crippen LogP contribution is -2.12. The number of rotatable bonds is 3. The van der Waals surface area contributed by atoms with Crippen LogP contribution in [0.15, 0.2) is 6.20 Å². The van der Waals surface area contributed by atoms with Crippen LogP contribution in [0.25, 0.3) is 0 Å². The molecule has 0 spiro atoms. The maximum Gasteiger partial charge on any atom is 0.224 e. The molecule has 1 radical (unpaired) electrons. The van der Waals surface area contributed by atoms with E-state index < -0.39 is 0 Å². The first kappa shape index (κ1) is 10.3. The van der Waals surface area contributed by atoms with Crippen molar-refractivity contribution in [3.05, 3.63) is 23.8 Å². The minimum Gasteiger partial charge on any atom is -0.352 e. The summed E-state index contributed by atoms with van der Waals surface area (Å²) in [6.45, 7) is 7.76. The normalized spacial score (nSPS) is 10.5. The van der Waals surface area contributed by atoms with E-state index in [0.29, 0.717) is 23.6 Å². The molecule has 4 heteroatoms. The quantitative estimate of drug-likeness (QED) is 0.758. The Morgan fingerprint density at radius 2 is 2.31 bits per heavy atom. The van der Waals surface area contributed by atoms with Crippen molar-refractivity contribution in [3.63, 3.8) is 0 Å². The summed E-state index contributed by atoms with van der Waals surface area (Å²) >= 11 is 5.88. The molecule has 0 aliphatic heterocycles. The van der Waals surface area contributed by atoms with E-state index in [1.807, 2.05) is 13.8 Å². The van der Waals surface area contributed by atoms with E-state index in [1.165, 1.54) is 0 Å². The zero-order chi connectivity index (χ0) is 9.84. The number of hydrogen-bond donors (Lipinski definition) is 1. The number of aromatic nitrogens is 2. The second-order valence-electron chi connectivity index (χ2n) is 3.06. The molecule has 0 saturated heterocycles. The number of nitrogens with one attached hydrogen (secondary N) is 1. The van der Waals surface area contributed by atoms with Crippen molar-refractivity contribution in [2.75, 3.05) is 5.32 Å². The second-order valence-corrected chi connectivity index (χ2v) is 3.42. The summed E-state index contributed by atoms with van der Waals surface area (Å²) in [6, 6.07) is 0.307. The largest absolute Gasteiger partial charge is 0.352 e. The third-order valence-corrected chi connectivity index (χ3v) is 1.83. The van der Waals surface area contributed by atoms with Gasteiger partial charge in [-0.2, -0.15) is 0 Å². The van der Waals surface area contributed by atoms with Crippen LogP contribution >= 0.6 is 11.6 Å². The molecule has 71 valence electrons. The number of anilines is 1. The minimum atomic E-state index is 0.307. The molecule has 0 atom stereocenters. The minimum absolute atomic E-state index is 0.307. The van der Waals surface area contributed by atoms with Gasteiger partial charge in [0.25, 0.3) is 0 Å². The summed E-state index contributed by atoms with van der Waals surface area (Å²) in [4.78, 5) is 8.19. The Labute approximate surface area is 83.5 Å². The predicted octanol–water partition coefficient (Wildman–Crippen LogP) is 2.33. The van der Waals surface area contributed by atoms with E-state index in [2.05, 4.69) is 22.2 Å². The summed E-state index contributed by atoms with van der Waals surface area (Å²) in [5.41, 5.74) is 0.871. The van der Waals surface area contributed by atoms with Gasteiger partial charge in [-0.1, -0.05) is 11.6 Å². The highest BCUT2D eigenvalue weighted by molar-refractivity contribution is 6.30. The fourth-order valence-corrected chi connectivity index (χ4v) is 1.10. The lowest BCUT2D eigenvalue weighted by Gasteiger charge is -2.08. The average molecular weight is 199 g/mol. The lowest BCUT2D eigenvalue weighted by molar-refractivity contribution is 0.871. The molecule has 3 nitrogen and oxygen atoms in total. The van der Waals surface area contributed by atoms with Gasteiger partial charge >= 0.3 is 0 Å². The average Bonchev–Trinajstić information content (AvgIpc) is 2.03. The molecule has 0 aliphatic rings. The lowest BCUT2D eigenvalue weighted by atomic mass is 10.3. The Kier molecular flexibility index (Phi) is 3.48. The summed E-state index contributed by atoms with van der Waals surface area (Å²) in [5, 5.41) is 3.55. The third-order valence-electron chi connectivity index (χ3n) is 1.50. The summed E-state index contributed by atoms with van der Waals surface area (Å²) in [5.74, 6) is 0.567. The van der Waals surface area contributed by atoms with Crippen LogP contribution in [0, 0.1) is 6.92 Å². The van der Waals surface area contributed by atoms with Crippen LogP contribution in [0.4, 0.5) is 5.95 Å². The summed E-state index contributed by atoms with van der Waals surface area (Å²) in [7, 11) is 0. The van der Waals surface area contributed by atoms with Gasteiger partial charge in [0.2, 0.25) is 5.95 Å². The zero-order valence-corrected chi connectivity index (χ0v) is 8.60. The fourth-order valence-electron chi connectivity index (χ4n) is 0.881. The maximum absolute atomic E-state index is 5.88. The van der Waals surface area contributed by atoms with E-state index in [0.717, 1.165) is 5.56 Å². The molecular weight excluding hydrogens is 186 g/mol. The highest BCUT2D eigenvalue weighted by Gasteiger charge is 2.03. The first-order chi connectivity index (χ1) is 6.13. The molecule has 0 aromatic carbocycles. The first-order valence-corrected chi connectivity index (χ1v) is 4.58. The Morgan fingerprint density at radius 3 is 2.77 bits per heavy atom. The van der Waals surface area contributed by atoms with Gasteiger partial charge in [-0.3, -0.25) is 0 Å². The van der Waals surface area contributed by atoms with E-state index in [4.69, 9.17) is 11.6 Å². The van der Waals surface area contributed by atoms with Crippen LogP contribution in [0.1, 0.15) is 19.4 Å². The molecule has 0 amide bonds. The topological polar surface area (TPSA) is 37.8 Å². The van der Waals surface area contributed by atoms with Crippen molar-refractivity contribution in [2.24, 2.45) is 0 Å². The Morgan fingerprint density at radius 1 is 1.62 bits per heavy atom. The number of hydrogen-bond acceptors (Lipinski definition) is 3. The van der Waals surface area contributed by atoms with E-state index in [9.17, 15) is 0 Å². The molecule has 1 aromatic rings. The molecule has 0 unspecified atom stereocenters. The molecule has 0 aliphatic carbocycles. The van der Waals surface area contributed by atoms with E-state index in [-0.39, 0.29) is 0 Å². The van der Waals surface area contributed by atoms with Crippen LogP contribution in [0.3, 0.4) is 0 Å². The van der Waals surface area contributed by atoms with Crippen LogP contribution in [-0.2, 0) is 6.42 Å². The van der Waals surface area contributed by atoms with Crippen LogP contribution in [-0.4, -0.2) is 16.0 Å². The van der Waals surface area contributed by atoms with Crippen molar-refractivity contribution < 1.29 is 0 Å². The van der Waals surface area contributed by atoms with Crippen LogP contribution in [0.5, 0.6) is 0 Å². The summed E-state index contributed by atoms with van der Waals surface area (Å²) < 4.78 is 0. The molecule has 1 rings (SSSR count). The van der Waals surface area contributed by atoms with Gasteiger partial charge in [0.1, 0.15) is 5.15 Å². The Hall–Kier alpha value is -0.830. The van der Waals surface area contributed by atoms with Crippen molar-refractivity contribution in [1.82, 2.24) is 9.97 Å². The second kappa shape index (κ2) is 4.42. The number of halogens is 1. The molecule has 0 bridgehead atoms. The van der Waals surface area contributed by atoms with Gasteiger partial charge < -0.3 is 5.32 Å². The zero-order valence-electron chi connectivity index (χ0n) is 7.84. The molecule has 1 aromatic heterocycles. The van der Waals surface area contributed by atoms with Gasteiger partial charge in [-0.25, -0.2) is 9.97 Å². The molecule has 1 N–H and O–H groups in total. The first-order valence-electron chi connectivity index (χ1n) is 4.20. The monoisotopic (exact) mass is 198 g/mol. The van der Waals surface area contributed by atoms with Crippen molar-refractivity contribution in [2.45, 2.75) is 26.3 Å². The molecule has 13 heavy (non-hydrogen) atoms. The van der Waals surface area contributed by atoms with E-state index >= 15 is 0 Å². The van der Waals surface area contributed by atoms with Gasteiger partial charge in [0, 0.05) is 17.8 Å². The highest BCUT2D eigenvalue weighted by atomic mass is 35.5. The van der Waals surface area contributed by atoms with Gasteiger partial charge in [-0.05, 0) is 27.2 Å². The van der Waals surface area contributed by atoms with Gasteiger partial charge in [0.15, 0.2) is 0 Å². The van der Waals surface area contributed by atoms with Crippen molar-refractivity contribution in [3.8, 4) is 0 Å². The Balaban J connectivity index is 2.83. The SMILES string of the molecule is [CH2]Cc1cnc(NC(C)C)nc1Cl. The predicted molar refractivity (Wildman–Crippen MR) is 54.9 cm³/mol. The molecule has 1 heterocycles. The fraction of sp³-hybridized carbons (Fsp3) is 0.444. The van der Waals surface area contributed by atoms with Crippen LogP contribution in [0.2, 0.25) is 5.15 Å². The maximum atomic E-state index is 5.88. The van der Waals surface area contributed by atoms with Gasteiger partial charge in [-0.15, -0.1) is 0 Å². The standard InChI is InChI=1S/C9H13ClN3/c1-4-7-5-11-9(12-6(2)3)13-8(7)10/h5-6H,1,4H2,2-3H3,(H,11,12,13). The molecule has 0 saturated carbocycles. The van der Waals surface area contributed by atoms with Crippen molar-refractivity contribution in [1.29, 1.82) is 0 Å². The Bertz CT molecular complexity index is 286. The highest BCUT2D eigenvalue weighted by Crippen LogP contribution is 2.14. The van der Waals surface area contributed by atoms with E-state index in [1.54, 1.807) is 6.20 Å². The van der Waals surface area contributed by atoms with Crippen molar-refractivity contribution >= 4 is 17.5 Å². The van der Waals surface area contributed by atoms with Gasteiger partial charge in [0.05, 0.1) is 0 Å². The number of nitrogens with zero attached hydrogens (tertiary/aromatic N) is 2. The molecular formula is C9H13ClN3. The third kappa shape index (κ3) is 2.84. The molecule has 0 fully saturated rings. The van der Waals surface area contributed by atoms with Crippen LogP contribution < -0.4 is 5.32 Å². The summed E-state index contributed by atoms with van der Waals surface area (Å²) in [6.07, 6.45) is 2.31. The smallest absolute Gasteiger partial charge is 0.224 e.